The fraction of sp³-hybridized carbons (Fsp3) is 0.500. The van der Waals surface area contributed by atoms with Crippen LogP contribution in [-0.4, -0.2) is 38.1 Å². The van der Waals surface area contributed by atoms with Crippen LogP contribution in [0.1, 0.15) is 4.88 Å². The van der Waals surface area contributed by atoms with Crippen molar-refractivity contribution in [3.05, 3.63) is 22.4 Å². The molecule has 4 heteroatoms. The molecular formula is C10H15NO2S. The highest BCUT2D eigenvalue weighted by Crippen LogP contribution is 2.09. The first-order valence-electron chi connectivity index (χ1n) is 4.49. The van der Waals surface area contributed by atoms with Gasteiger partial charge in [0.2, 0.25) is 5.91 Å². The summed E-state index contributed by atoms with van der Waals surface area (Å²) in [6.07, 6.45) is 0.920. The molecule has 0 bridgehead atoms. The second-order valence-corrected chi connectivity index (χ2v) is 4.11. The highest BCUT2D eigenvalue weighted by Gasteiger charge is 2.07. The number of hydrogen-bond donors (Lipinski definition) is 0. The van der Waals surface area contributed by atoms with E-state index in [9.17, 15) is 4.79 Å². The molecule has 0 spiro atoms. The van der Waals surface area contributed by atoms with Gasteiger partial charge in [0, 0.05) is 25.6 Å². The van der Waals surface area contributed by atoms with Gasteiger partial charge in [0.05, 0.1) is 0 Å². The number of likely N-dealkylation sites (N-methyl/N-ethyl adjacent to an activating group) is 1. The first-order chi connectivity index (χ1) is 6.74. The maximum absolute atomic E-state index is 11.3. The van der Waals surface area contributed by atoms with Gasteiger partial charge in [0.25, 0.3) is 0 Å². The number of methoxy groups -OCH3 is 1. The summed E-state index contributed by atoms with van der Waals surface area (Å²) in [5.41, 5.74) is 0. The molecule has 0 aromatic carbocycles. The lowest BCUT2D eigenvalue weighted by Crippen LogP contribution is -2.31. The van der Waals surface area contributed by atoms with Crippen molar-refractivity contribution in [3.63, 3.8) is 0 Å². The van der Waals surface area contributed by atoms with Crippen LogP contribution in [0.15, 0.2) is 17.5 Å². The summed E-state index contributed by atoms with van der Waals surface area (Å²) in [5, 5.41) is 2.05. The largest absolute Gasteiger partial charge is 0.375 e. The highest BCUT2D eigenvalue weighted by molar-refractivity contribution is 7.09. The van der Waals surface area contributed by atoms with Crippen LogP contribution in [0, 0.1) is 0 Å². The Morgan fingerprint density at radius 1 is 1.64 bits per heavy atom. The van der Waals surface area contributed by atoms with E-state index in [-0.39, 0.29) is 12.5 Å². The summed E-state index contributed by atoms with van der Waals surface area (Å²) in [7, 11) is 3.33. The van der Waals surface area contributed by atoms with Crippen molar-refractivity contribution < 1.29 is 9.53 Å². The average Bonchev–Trinajstić information content (AvgIpc) is 2.67. The molecule has 0 fully saturated rings. The minimum Gasteiger partial charge on any atom is -0.375 e. The van der Waals surface area contributed by atoms with Crippen LogP contribution < -0.4 is 0 Å². The summed E-state index contributed by atoms with van der Waals surface area (Å²) in [4.78, 5) is 14.3. The van der Waals surface area contributed by atoms with E-state index >= 15 is 0 Å². The monoisotopic (exact) mass is 213 g/mol. The molecule has 0 aliphatic carbocycles. The van der Waals surface area contributed by atoms with Crippen molar-refractivity contribution in [2.75, 3.05) is 27.3 Å². The summed E-state index contributed by atoms with van der Waals surface area (Å²) in [6.45, 7) is 0.920. The highest BCUT2D eigenvalue weighted by atomic mass is 32.1. The minimum absolute atomic E-state index is 0.0315. The van der Waals surface area contributed by atoms with Crippen molar-refractivity contribution in [2.24, 2.45) is 0 Å². The van der Waals surface area contributed by atoms with Crippen LogP contribution >= 0.6 is 11.3 Å². The number of rotatable bonds is 5. The Hall–Kier alpha value is -0.870. The molecule has 0 saturated carbocycles. The molecule has 0 aliphatic heterocycles. The molecule has 14 heavy (non-hydrogen) atoms. The lowest BCUT2D eigenvalue weighted by Gasteiger charge is -2.15. The third-order valence-corrected chi connectivity index (χ3v) is 2.90. The Balaban J connectivity index is 2.27. The Morgan fingerprint density at radius 2 is 2.43 bits per heavy atom. The molecule has 0 aliphatic rings. The number of carbonyl (C=O) groups is 1. The molecule has 1 aromatic heterocycles. The average molecular weight is 213 g/mol. The van der Waals surface area contributed by atoms with E-state index in [4.69, 9.17) is 4.74 Å². The smallest absolute Gasteiger partial charge is 0.248 e. The molecule has 1 aromatic rings. The van der Waals surface area contributed by atoms with Gasteiger partial charge < -0.3 is 9.64 Å². The minimum atomic E-state index is 0.0315. The van der Waals surface area contributed by atoms with Gasteiger partial charge in [-0.2, -0.15) is 0 Å². The van der Waals surface area contributed by atoms with Gasteiger partial charge >= 0.3 is 0 Å². The summed E-state index contributed by atoms with van der Waals surface area (Å²) < 4.78 is 4.77. The van der Waals surface area contributed by atoms with Crippen LogP contribution in [0.25, 0.3) is 0 Å². The molecule has 0 N–H and O–H groups in total. The van der Waals surface area contributed by atoms with Crippen LogP contribution in [0.4, 0.5) is 0 Å². The van der Waals surface area contributed by atoms with E-state index in [2.05, 4.69) is 6.07 Å². The predicted molar refractivity (Wildman–Crippen MR) is 57.5 cm³/mol. The van der Waals surface area contributed by atoms with Crippen LogP contribution in [0.3, 0.4) is 0 Å². The fourth-order valence-corrected chi connectivity index (χ4v) is 1.79. The van der Waals surface area contributed by atoms with Crippen molar-refractivity contribution in [1.29, 1.82) is 0 Å². The van der Waals surface area contributed by atoms with E-state index in [1.165, 1.54) is 12.0 Å². The van der Waals surface area contributed by atoms with Crippen LogP contribution in [0.5, 0.6) is 0 Å². The van der Waals surface area contributed by atoms with Crippen LogP contribution in [-0.2, 0) is 16.0 Å². The maximum Gasteiger partial charge on any atom is 0.248 e. The fourth-order valence-electron chi connectivity index (χ4n) is 1.09. The summed E-state index contributed by atoms with van der Waals surface area (Å²) in [6, 6.07) is 4.11. The van der Waals surface area contributed by atoms with Gasteiger partial charge in [0.1, 0.15) is 6.61 Å². The zero-order chi connectivity index (χ0) is 10.4. The third-order valence-electron chi connectivity index (χ3n) is 1.97. The van der Waals surface area contributed by atoms with Gasteiger partial charge in [-0.1, -0.05) is 6.07 Å². The lowest BCUT2D eigenvalue weighted by molar-refractivity contribution is -0.133. The normalized spacial score (nSPS) is 10.1. The Morgan fingerprint density at radius 3 is 3.00 bits per heavy atom. The van der Waals surface area contributed by atoms with Crippen molar-refractivity contribution in [2.45, 2.75) is 6.42 Å². The number of hydrogen-bond acceptors (Lipinski definition) is 3. The Kier molecular flexibility index (Phi) is 4.62. The van der Waals surface area contributed by atoms with E-state index in [1.807, 2.05) is 11.4 Å². The molecule has 1 rings (SSSR count). The predicted octanol–water partition coefficient (Wildman–Crippen LogP) is 1.40. The zero-order valence-electron chi connectivity index (χ0n) is 8.53. The second kappa shape index (κ2) is 5.78. The second-order valence-electron chi connectivity index (χ2n) is 3.08. The van der Waals surface area contributed by atoms with E-state index in [0.29, 0.717) is 0 Å². The van der Waals surface area contributed by atoms with E-state index in [1.54, 1.807) is 23.3 Å². The van der Waals surface area contributed by atoms with Gasteiger partial charge in [-0.15, -0.1) is 11.3 Å². The molecular weight excluding hydrogens is 198 g/mol. The molecule has 0 atom stereocenters. The van der Waals surface area contributed by atoms with E-state index < -0.39 is 0 Å². The Bertz CT molecular complexity index is 272. The SMILES string of the molecule is COCC(=O)N(C)CCc1cccs1. The number of amides is 1. The van der Waals surface area contributed by atoms with Gasteiger partial charge in [-0.25, -0.2) is 0 Å². The quantitative estimate of drug-likeness (QED) is 0.740. The first kappa shape index (κ1) is 11.2. The van der Waals surface area contributed by atoms with Crippen molar-refractivity contribution in [1.82, 2.24) is 4.90 Å². The van der Waals surface area contributed by atoms with Gasteiger partial charge in [0.15, 0.2) is 0 Å². The van der Waals surface area contributed by atoms with Crippen molar-refractivity contribution in [3.8, 4) is 0 Å². The van der Waals surface area contributed by atoms with E-state index in [0.717, 1.165) is 13.0 Å². The number of carbonyl (C=O) groups excluding carboxylic acids is 1. The van der Waals surface area contributed by atoms with Gasteiger partial charge in [-0.3, -0.25) is 4.79 Å². The Labute approximate surface area is 88.3 Å². The lowest BCUT2D eigenvalue weighted by atomic mass is 10.3. The number of thiophene rings is 1. The molecule has 3 nitrogen and oxygen atoms in total. The topological polar surface area (TPSA) is 29.5 Å². The molecule has 0 unspecified atom stereocenters. The molecule has 78 valence electrons. The zero-order valence-corrected chi connectivity index (χ0v) is 9.34. The number of ether oxygens (including phenoxy) is 1. The first-order valence-corrected chi connectivity index (χ1v) is 5.37. The standard InChI is InChI=1S/C10H15NO2S/c1-11(10(12)8-13-2)6-5-9-4-3-7-14-9/h3-4,7H,5-6,8H2,1-2H3. The maximum atomic E-state index is 11.3. The van der Waals surface area contributed by atoms with Crippen LogP contribution in [0.2, 0.25) is 0 Å². The van der Waals surface area contributed by atoms with Gasteiger partial charge in [-0.05, 0) is 17.9 Å². The molecule has 0 radical (unpaired) electrons. The summed E-state index contributed by atoms with van der Waals surface area (Å²) in [5.74, 6) is 0.0315. The van der Waals surface area contributed by atoms with Crippen molar-refractivity contribution >= 4 is 17.2 Å². The molecule has 1 amide bonds. The summed E-state index contributed by atoms with van der Waals surface area (Å²) >= 11 is 1.72. The number of nitrogens with zero attached hydrogens (tertiary/aromatic N) is 1. The molecule has 0 saturated heterocycles. The third kappa shape index (κ3) is 3.47. The molecule has 1 heterocycles.